The summed E-state index contributed by atoms with van der Waals surface area (Å²) < 4.78 is 6.61. The van der Waals surface area contributed by atoms with Crippen LogP contribution in [0.25, 0.3) is 0 Å². The molecular weight excluding hydrogens is 617 g/mol. The van der Waals surface area contributed by atoms with Crippen LogP contribution < -0.4 is 0 Å². The number of hydrogen-bond donors (Lipinski definition) is 2. The van der Waals surface area contributed by atoms with Crippen molar-refractivity contribution in [3.05, 3.63) is 107 Å². The summed E-state index contributed by atoms with van der Waals surface area (Å²) in [4.78, 5) is 2.39. The Bertz CT molecular complexity index is 1230. The van der Waals surface area contributed by atoms with Gasteiger partial charge in [0.05, 0.1) is 23.4 Å². The van der Waals surface area contributed by atoms with E-state index in [1.54, 1.807) is 23.5 Å². The van der Waals surface area contributed by atoms with Gasteiger partial charge >= 0.3 is 0 Å². The summed E-state index contributed by atoms with van der Waals surface area (Å²) in [5.41, 5.74) is 3.30. The molecule has 2 N–H and O–H groups in total. The van der Waals surface area contributed by atoms with Gasteiger partial charge in [-0.15, -0.1) is 23.5 Å². The van der Waals surface area contributed by atoms with Crippen molar-refractivity contribution >= 4 is 23.5 Å². The first-order valence-electron chi connectivity index (χ1n) is 17.4. The van der Waals surface area contributed by atoms with E-state index in [0.717, 1.165) is 38.5 Å². The molecule has 3 nitrogen and oxygen atoms in total. The number of aliphatic hydroxyl groups is 2. The molecule has 1 fully saturated rings. The largest absolute Gasteiger partial charge is 0.387 e. The zero-order valence-corrected chi connectivity index (χ0v) is 31.8. The van der Waals surface area contributed by atoms with E-state index in [2.05, 4.69) is 114 Å². The highest BCUT2D eigenvalue weighted by molar-refractivity contribution is 8.00. The molecule has 0 spiro atoms. The van der Waals surface area contributed by atoms with Crippen LogP contribution in [0.5, 0.6) is 0 Å². The molecule has 0 bridgehead atoms. The second-order valence-corrected chi connectivity index (χ2v) is 17.0. The summed E-state index contributed by atoms with van der Waals surface area (Å²) in [6.07, 6.45) is 15.3. The summed E-state index contributed by atoms with van der Waals surface area (Å²) in [5.74, 6) is 0. The third-order valence-corrected chi connectivity index (χ3v) is 11.1. The average molecular weight is 677 g/mol. The van der Waals surface area contributed by atoms with Gasteiger partial charge < -0.3 is 14.9 Å². The molecule has 1 aliphatic heterocycles. The molecule has 2 unspecified atom stereocenters. The number of ether oxygens (including phenoxy) is 1. The summed E-state index contributed by atoms with van der Waals surface area (Å²) in [6.45, 7) is 16.8. The number of hydrogen-bond acceptors (Lipinski definition) is 5. The Balaban J connectivity index is 1.73. The predicted octanol–water partition coefficient (Wildman–Crippen LogP) is 11.5. The molecule has 47 heavy (non-hydrogen) atoms. The zero-order valence-electron chi connectivity index (χ0n) is 30.2. The van der Waals surface area contributed by atoms with Gasteiger partial charge in [-0.3, -0.25) is 0 Å². The molecule has 1 saturated heterocycles. The Kier molecular flexibility index (Phi) is 16.1. The molecule has 1 aliphatic rings. The lowest BCUT2D eigenvalue weighted by molar-refractivity contribution is -0.145. The van der Waals surface area contributed by atoms with Crippen LogP contribution in [0.2, 0.25) is 0 Å². The fourth-order valence-corrected chi connectivity index (χ4v) is 8.99. The molecule has 6 atom stereocenters. The lowest BCUT2D eigenvalue weighted by atomic mass is 9.88. The molecule has 0 amide bonds. The van der Waals surface area contributed by atoms with Crippen molar-refractivity contribution in [3.63, 3.8) is 0 Å². The Morgan fingerprint density at radius 2 is 1.04 bits per heavy atom. The van der Waals surface area contributed by atoms with Crippen LogP contribution in [0.3, 0.4) is 0 Å². The Morgan fingerprint density at radius 1 is 0.681 bits per heavy atom. The van der Waals surface area contributed by atoms with E-state index in [1.807, 2.05) is 26.0 Å². The monoisotopic (exact) mass is 676 g/mol. The third-order valence-electron chi connectivity index (χ3n) is 8.82. The molecule has 5 heteroatoms. The van der Waals surface area contributed by atoms with Crippen molar-refractivity contribution in [1.82, 2.24) is 0 Å². The molecule has 2 aromatic carbocycles. The second-order valence-electron chi connectivity index (χ2n) is 14.4. The van der Waals surface area contributed by atoms with Crippen LogP contribution in [0.1, 0.15) is 107 Å². The number of benzene rings is 2. The Morgan fingerprint density at radius 3 is 1.38 bits per heavy atom. The van der Waals surface area contributed by atoms with Gasteiger partial charge in [-0.05, 0) is 131 Å². The maximum absolute atomic E-state index is 11.9. The van der Waals surface area contributed by atoms with E-state index in [9.17, 15) is 10.2 Å². The highest BCUT2D eigenvalue weighted by Crippen LogP contribution is 2.41. The molecule has 0 aromatic heterocycles. The van der Waals surface area contributed by atoms with E-state index < -0.39 is 11.2 Å². The molecule has 258 valence electrons. The topological polar surface area (TPSA) is 49.7 Å². The molecule has 1 heterocycles. The fourth-order valence-electron chi connectivity index (χ4n) is 6.23. The van der Waals surface area contributed by atoms with Crippen LogP contribution in [0, 0.1) is 0 Å². The Labute approximate surface area is 295 Å². The van der Waals surface area contributed by atoms with Gasteiger partial charge in [0.15, 0.2) is 0 Å². The minimum Gasteiger partial charge on any atom is -0.387 e. The first kappa shape index (κ1) is 39.4. The van der Waals surface area contributed by atoms with Crippen molar-refractivity contribution < 1.29 is 14.9 Å². The van der Waals surface area contributed by atoms with Gasteiger partial charge in [-0.1, -0.05) is 83.0 Å². The van der Waals surface area contributed by atoms with Crippen molar-refractivity contribution in [2.24, 2.45) is 0 Å². The number of allylic oxidation sites excluding steroid dienone is 6. The first-order chi connectivity index (χ1) is 22.2. The first-order valence-corrected chi connectivity index (χ1v) is 19.1. The van der Waals surface area contributed by atoms with Gasteiger partial charge in [-0.25, -0.2) is 0 Å². The highest BCUT2D eigenvalue weighted by Gasteiger charge is 2.46. The predicted molar refractivity (Wildman–Crippen MR) is 205 cm³/mol. The number of thioether (sulfide) groups is 2. The van der Waals surface area contributed by atoms with E-state index in [4.69, 9.17) is 4.74 Å². The SMILES string of the molecule is CC(C)=CCC/C(C)=C\C(C[C@](C)(O)[C@H]1CC[C@@H]([C@](C)(O)CC(/C=C(/C)CCC=C(C)C)Sc2ccccc2)O1)Sc1ccccc1. The normalized spacial score (nSPS) is 21.0. The third kappa shape index (κ3) is 14.6. The molecule has 0 saturated carbocycles. The molecular formula is C42H60O3S2. The number of rotatable bonds is 18. The molecule has 3 rings (SSSR count). The van der Waals surface area contributed by atoms with Gasteiger partial charge in [-0.2, -0.15) is 0 Å². The lowest BCUT2D eigenvalue weighted by Crippen LogP contribution is -2.45. The fraction of sp³-hybridized carbons (Fsp3) is 0.524. The molecule has 2 aromatic rings. The lowest BCUT2D eigenvalue weighted by Gasteiger charge is -2.36. The van der Waals surface area contributed by atoms with Crippen LogP contribution >= 0.6 is 23.5 Å². The molecule has 0 aliphatic carbocycles. The van der Waals surface area contributed by atoms with Crippen molar-refractivity contribution in [2.75, 3.05) is 0 Å². The summed E-state index contributed by atoms with van der Waals surface area (Å²) in [7, 11) is 0. The Hall–Kier alpha value is -2.02. The van der Waals surface area contributed by atoms with E-state index in [1.165, 1.54) is 32.1 Å². The maximum Gasteiger partial charge on any atom is 0.0894 e. The summed E-state index contributed by atoms with van der Waals surface area (Å²) in [6, 6.07) is 20.9. The summed E-state index contributed by atoms with van der Waals surface area (Å²) in [5, 5.41) is 24.1. The van der Waals surface area contributed by atoms with Crippen LogP contribution in [0.15, 0.2) is 117 Å². The van der Waals surface area contributed by atoms with E-state index in [-0.39, 0.29) is 22.7 Å². The smallest absolute Gasteiger partial charge is 0.0894 e. The zero-order chi connectivity index (χ0) is 34.5. The maximum atomic E-state index is 11.9. The van der Waals surface area contributed by atoms with Crippen LogP contribution in [0.4, 0.5) is 0 Å². The van der Waals surface area contributed by atoms with E-state index in [0.29, 0.717) is 12.8 Å². The van der Waals surface area contributed by atoms with Gasteiger partial charge in [0.25, 0.3) is 0 Å². The minimum absolute atomic E-state index is 0.105. The van der Waals surface area contributed by atoms with Crippen molar-refractivity contribution in [2.45, 2.75) is 150 Å². The van der Waals surface area contributed by atoms with Crippen LogP contribution in [-0.2, 0) is 4.74 Å². The van der Waals surface area contributed by atoms with Crippen LogP contribution in [-0.4, -0.2) is 44.1 Å². The average Bonchev–Trinajstić information content (AvgIpc) is 3.50. The van der Waals surface area contributed by atoms with Gasteiger partial charge in [0, 0.05) is 20.3 Å². The van der Waals surface area contributed by atoms with Crippen molar-refractivity contribution in [3.8, 4) is 0 Å². The van der Waals surface area contributed by atoms with Gasteiger partial charge in [0.2, 0.25) is 0 Å². The van der Waals surface area contributed by atoms with E-state index >= 15 is 0 Å². The minimum atomic E-state index is -1.03. The second kappa shape index (κ2) is 19.2. The highest BCUT2D eigenvalue weighted by atomic mass is 32.2. The molecule has 0 radical (unpaired) electrons. The quantitative estimate of drug-likeness (QED) is 0.122. The summed E-state index contributed by atoms with van der Waals surface area (Å²) >= 11 is 3.60. The standard InChI is InChI=1S/C42H60O3S2/c1-31(2)17-15-19-33(5)27-37(46-35-21-11-9-12-22-35)29-41(7,43)39-25-26-40(45-39)42(8,44)30-38(47-36-23-13-10-14-24-36)28-34(6)20-16-18-32(3)4/h9-14,17-18,21-24,27-28,37-40,43-44H,15-16,19-20,25-26,29-30H2,1-8H3/b33-27-,34-28-/t37?,38?,39-,40+,41+,42-. The van der Waals surface area contributed by atoms with Crippen molar-refractivity contribution in [1.29, 1.82) is 0 Å². The van der Waals surface area contributed by atoms with Gasteiger partial charge in [0.1, 0.15) is 0 Å².